The van der Waals surface area contributed by atoms with Crippen LogP contribution in [0, 0.1) is 17.8 Å². The third-order valence-electron chi connectivity index (χ3n) is 4.48. The van der Waals surface area contributed by atoms with E-state index in [4.69, 9.17) is 0 Å². The van der Waals surface area contributed by atoms with E-state index in [1.807, 2.05) is 24.5 Å². The van der Waals surface area contributed by atoms with Crippen molar-refractivity contribution < 1.29 is 4.79 Å². The van der Waals surface area contributed by atoms with Gasteiger partial charge in [-0.15, -0.1) is 0 Å². The van der Waals surface area contributed by atoms with E-state index >= 15 is 0 Å². The van der Waals surface area contributed by atoms with E-state index in [1.54, 1.807) is 0 Å². The molecule has 0 aromatic carbocycles. The Morgan fingerprint density at radius 2 is 2.05 bits per heavy atom. The van der Waals surface area contributed by atoms with Crippen molar-refractivity contribution in [2.75, 3.05) is 13.6 Å². The molecule has 20 heavy (non-hydrogen) atoms. The lowest BCUT2D eigenvalue weighted by Crippen LogP contribution is -2.35. The predicted octanol–water partition coefficient (Wildman–Crippen LogP) is 3.15. The fourth-order valence-electron chi connectivity index (χ4n) is 3.17. The second-order valence-electron chi connectivity index (χ2n) is 6.49. The number of pyridine rings is 1. The maximum Gasteiger partial charge on any atom is 0.137 e. The minimum atomic E-state index is 0.225. The molecule has 110 valence electrons. The van der Waals surface area contributed by atoms with Crippen molar-refractivity contribution in [2.45, 2.75) is 39.7 Å². The maximum atomic E-state index is 12.1. The van der Waals surface area contributed by atoms with Crippen LogP contribution in [0.3, 0.4) is 0 Å². The standard InChI is InChI=1S/C17H26N2O/c1-13(2)15-4-5-17(20)16(10-15)12-19(3)11-14-6-8-18-9-7-14/h6-9,13,15-16H,4-5,10-12H2,1-3H3. The van der Waals surface area contributed by atoms with Crippen LogP contribution in [0.2, 0.25) is 0 Å². The Hall–Kier alpha value is -1.22. The van der Waals surface area contributed by atoms with Gasteiger partial charge >= 0.3 is 0 Å². The molecule has 0 N–H and O–H groups in total. The first-order chi connectivity index (χ1) is 9.56. The molecule has 1 heterocycles. The van der Waals surface area contributed by atoms with Crippen molar-refractivity contribution in [3.8, 4) is 0 Å². The second-order valence-corrected chi connectivity index (χ2v) is 6.49. The SMILES string of the molecule is CC(C)C1CCC(=O)C(CN(C)Cc2ccncc2)C1. The van der Waals surface area contributed by atoms with Crippen molar-refractivity contribution in [3.05, 3.63) is 30.1 Å². The number of Topliss-reactive ketones (excluding diaryl/α,β-unsaturated/α-hetero) is 1. The van der Waals surface area contributed by atoms with Gasteiger partial charge in [-0.25, -0.2) is 0 Å². The Bertz CT molecular complexity index is 430. The number of nitrogens with zero attached hydrogens (tertiary/aromatic N) is 2. The van der Waals surface area contributed by atoms with Crippen LogP contribution >= 0.6 is 0 Å². The summed E-state index contributed by atoms with van der Waals surface area (Å²) >= 11 is 0. The zero-order valence-electron chi connectivity index (χ0n) is 12.9. The molecule has 1 aliphatic carbocycles. The highest BCUT2D eigenvalue weighted by Crippen LogP contribution is 2.32. The fourth-order valence-corrected chi connectivity index (χ4v) is 3.17. The van der Waals surface area contributed by atoms with Crippen molar-refractivity contribution in [1.29, 1.82) is 0 Å². The summed E-state index contributed by atoms with van der Waals surface area (Å²) in [5.41, 5.74) is 1.26. The van der Waals surface area contributed by atoms with E-state index in [0.717, 1.165) is 32.4 Å². The fraction of sp³-hybridized carbons (Fsp3) is 0.647. The summed E-state index contributed by atoms with van der Waals surface area (Å²) in [4.78, 5) is 18.4. The van der Waals surface area contributed by atoms with Gasteiger partial charge in [0.25, 0.3) is 0 Å². The molecular formula is C17H26N2O. The number of ketones is 1. The van der Waals surface area contributed by atoms with Gasteiger partial charge in [-0.2, -0.15) is 0 Å². The molecule has 1 aromatic heterocycles. The van der Waals surface area contributed by atoms with Crippen LogP contribution in [0.1, 0.15) is 38.7 Å². The van der Waals surface area contributed by atoms with Crippen LogP contribution in [0.15, 0.2) is 24.5 Å². The number of aromatic nitrogens is 1. The van der Waals surface area contributed by atoms with Crippen molar-refractivity contribution in [1.82, 2.24) is 9.88 Å². The minimum absolute atomic E-state index is 0.225. The number of carbonyl (C=O) groups excluding carboxylic acids is 1. The lowest BCUT2D eigenvalue weighted by atomic mass is 9.75. The molecule has 0 radical (unpaired) electrons. The van der Waals surface area contributed by atoms with Crippen LogP contribution in [0.25, 0.3) is 0 Å². The zero-order valence-corrected chi connectivity index (χ0v) is 12.9. The van der Waals surface area contributed by atoms with Gasteiger partial charge in [0.05, 0.1) is 0 Å². The summed E-state index contributed by atoms with van der Waals surface area (Å²) in [6, 6.07) is 4.08. The van der Waals surface area contributed by atoms with Gasteiger partial charge < -0.3 is 4.90 Å². The molecule has 0 spiro atoms. The number of carbonyl (C=O) groups is 1. The first kappa shape index (κ1) is 15.2. The monoisotopic (exact) mass is 274 g/mol. The lowest BCUT2D eigenvalue weighted by molar-refractivity contribution is -0.126. The first-order valence-corrected chi connectivity index (χ1v) is 7.66. The molecule has 1 aromatic rings. The Balaban J connectivity index is 1.89. The largest absolute Gasteiger partial charge is 0.301 e. The molecular weight excluding hydrogens is 248 g/mol. The van der Waals surface area contributed by atoms with Crippen LogP contribution in [-0.4, -0.2) is 29.3 Å². The molecule has 1 saturated carbocycles. The highest BCUT2D eigenvalue weighted by atomic mass is 16.1. The summed E-state index contributed by atoms with van der Waals surface area (Å²) in [6.07, 6.45) is 6.57. The van der Waals surface area contributed by atoms with Gasteiger partial charge in [0.2, 0.25) is 0 Å². The van der Waals surface area contributed by atoms with Crippen molar-refractivity contribution in [3.63, 3.8) is 0 Å². The molecule has 0 amide bonds. The van der Waals surface area contributed by atoms with Gasteiger partial charge in [0, 0.05) is 37.8 Å². The molecule has 0 saturated heterocycles. The Morgan fingerprint density at radius 3 is 2.70 bits per heavy atom. The van der Waals surface area contributed by atoms with Crippen molar-refractivity contribution in [2.24, 2.45) is 17.8 Å². The maximum absolute atomic E-state index is 12.1. The third kappa shape index (κ3) is 4.14. The van der Waals surface area contributed by atoms with Crippen LogP contribution < -0.4 is 0 Å². The van der Waals surface area contributed by atoms with Crippen LogP contribution in [0.4, 0.5) is 0 Å². The van der Waals surface area contributed by atoms with Crippen LogP contribution in [0.5, 0.6) is 0 Å². The number of hydrogen-bond donors (Lipinski definition) is 0. The van der Waals surface area contributed by atoms with Gasteiger partial charge in [0.15, 0.2) is 0 Å². The summed E-state index contributed by atoms with van der Waals surface area (Å²) < 4.78 is 0. The van der Waals surface area contributed by atoms with Gasteiger partial charge in [0.1, 0.15) is 5.78 Å². The molecule has 1 fully saturated rings. The average Bonchev–Trinajstić information content (AvgIpc) is 2.42. The summed E-state index contributed by atoms with van der Waals surface area (Å²) in [5, 5.41) is 0. The quantitative estimate of drug-likeness (QED) is 0.827. The number of hydrogen-bond acceptors (Lipinski definition) is 3. The molecule has 0 bridgehead atoms. The molecule has 2 rings (SSSR count). The van der Waals surface area contributed by atoms with Gasteiger partial charge in [-0.3, -0.25) is 9.78 Å². The highest BCUT2D eigenvalue weighted by Gasteiger charge is 2.30. The van der Waals surface area contributed by atoms with E-state index in [2.05, 4.69) is 30.8 Å². The highest BCUT2D eigenvalue weighted by molar-refractivity contribution is 5.82. The number of rotatable bonds is 5. The van der Waals surface area contributed by atoms with E-state index in [1.165, 1.54) is 5.56 Å². The molecule has 2 atom stereocenters. The topological polar surface area (TPSA) is 33.2 Å². The Kier molecular flexibility index (Phi) is 5.30. The van der Waals surface area contributed by atoms with Crippen LogP contribution in [-0.2, 0) is 11.3 Å². The molecule has 1 aliphatic rings. The smallest absolute Gasteiger partial charge is 0.137 e. The molecule has 2 unspecified atom stereocenters. The predicted molar refractivity (Wildman–Crippen MR) is 81.2 cm³/mol. The Labute approximate surface area is 122 Å². The van der Waals surface area contributed by atoms with Gasteiger partial charge in [-0.05, 0) is 49.4 Å². The van der Waals surface area contributed by atoms with E-state index in [0.29, 0.717) is 17.6 Å². The normalized spacial score (nSPS) is 23.6. The lowest BCUT2D eigenvalue weighted by Gasteiger charge is -2.32. The van der Waals surface area contributed by atoms with E-state index in [9.17, 15) is 4.79 Å². The Morgan fingerprint density at radius 1 is 1.35 bits per heavy atom. The summed E-state index contributed by atoms with van der Waals surface area (Å²) in [7, 11) is 2.10. The minimum Gasteiger partial charge on any atom is -0.301 e. The molecule has 0 aliphatic heterocycles. The van der Waals surface area contributed by atoms with E-state index < -0.39 is 0 Å². The zero-order chi connectivity index (χ0) is 14.5. The second kappa shape index (κ2) is 6.98. The summed E-state index contributed by atoms with van der Waals surface area (Å²) in [5.74, 6) is 2.09. The molecule has 3 nitrogen and oxygen atoms in total. The third-order valence-corrected chi connectivity index (χ3v) is 4.48. The van der Waals surface area contributed by atoms with E-state index in [-0.39, 0.29) is 5.92 Å². The molecule has 3 heteroatoms. The van der Waals surface area contributed by atoms with Crippen molar-refractivity contribution >= 4 is 5.78 Å². The summed E-state index contributed by atoms with van der Waals surface area (Å²) in [6.45, 7) is 6.32. The van der Waals surface area contributed by atoms with Gasteiger partial charge in [-0.1, -0.05) is 13.8 Å². The average molecular weight is 274 g/mol. The first-order valence-electron chi connectivity index (χ1n) is 7.66.